The molecule has 0 radical (unpaired) electrons. The Morgan fingerprint density at radius 3 is 2.57 bits per heavy atom. The van der Waals surface area contributed by atoms with E-state index in [0.717, 1.165) is 0 Å². The van der Waals surface area contributed by atoms with Gasteiger partial charge in [0.15, 0.2) is 0 Å². The van der Waals surface area contributed by atoms with Gasteiger partial charge >= 0.3 is 0 Å². The van der Waals surface area contributed by atoms with Gasteiger partial charge in [-0.05, 0) is 0 Å². The predicted molar refractivity (Wildman–Crippen MR) is 27.3 cm³/mol. The van der Waals surface area contributed by atoms with Gasteiger partial charge in [0.05, 0.1) is 0 Å². The van der Waals surface area contributed by atoms with Crippen LogP contribution in [0.1, 0.15) is 0 Å². The topological polar surface area (TPSA) is 38.0 Å². The number of hydrogen-bond acceptors (Lipinski definition) is 2. The summed E-state index contributed by atoms with van der Waals surface area (Å²) in [6.07, 6.45) is 0. The normalized spacial score (nSPS) is 8.71. The molecule has 0 heterocycles. The molecule has 0 aliphatic carbocycles. The maximum atomic E-state index is 11.1. The van der Waals surface area contributed by atoms with Crippen LogP contribution in [0.5, 0.6) is 0 Å². The van der Waals surface area contributed by atoms with Crippen LogP contribution in [0.4, 0.5) is 4.39 Å². The van der Waals surface area contributed by atoms with E-state index in [1.807, 2.05) is 0 Å². The minimum atomic E-state index is -0.545. The van der Waals surface area contributed by atoms with Crippen molar-refractivity contribution in [3.8, 4) is 0 Å². The molecule has 0 aromatic heterocycles. The van der Waals surface area contributed by atoms with Crippen LogP contribution in [-0.4, -0.2) is 13.3 Å². The first-order chi connectivity index (χ1) is 3.27. The van der Waals surface area contributed by atoms with E-state index in [2.05, 4.69) is 11.9 Å². The molecule has 42 valence electrons. The van der Waals surface area contributed by atoms with Crippen LogP contribution in [-0.2, 0) is 0 Å². The van der Waals surface area contributed by atoms with Crippen molar-refractivity contribution < 1.29 is 4.39 Å². The summed E-state index contributed by atoms with van der Waals surface area (Å²) in [6.45, 7) is 3.15. The minimum Gasteiger partial charge on any atom is -0.401 e. The van der Waals surface area contributed by atoms with Crippen LogP contribution >= 0.6 is 0 Å². The standard InChI is InChI=1S/C4H9FN2/c1-4(6)2-7-3-5/h7H,1-3,6H2. The Hall–Kier alpha value is -0.570. The quantitative estimate of drug-likeness (QED) is 0.494. The summed E-state index contributed by atoms with van der Waals surface area (Å²) in [4.78, 5) is 0. The Bertz CT molecular complexity index is 62.7. The zero-order valence-electron chi connectivity index (χ0n) is 4.08. The third-order valence-corrected chi connectivity index (χ3v) is 0.447. The number of rotatable bonds is 3. The lowest BCUT2D eigenvalue weighted by molar-refractivity contribution is 0.437. The summed E-state index contributed by atoms with van der Waals surface area (Å²) in [7, 11) is 0. The van der Waals surface area contributed by atoms with E-state index < -0.39 is 6.80 Å². The SMILES string of the molecule is C=C(N)CNCF. The van der Waals surface area contributed by atoms with Crippen molar-refractivity contribution in [1.82, 2.24) is 5.32 Å². The maximum Gasteiger partial charge on any atom is 0.140 e. The van der Waals surface area contributed by atoms with E-state index in [-0.39, 0.29) is 0 Å². The van der Waals surface area contributed by atoms with Crippen LogP contribution in [0.3, 0.4) is 0 Å². The van der Waals surface area contributed by atoms with E-state index in [1.165, 1.54) is 0 Å². The third-order valence-electron chi connectivity index (χ3n) is 0.447. The molecular weight excluding hydrogens is 95.1 g/mol. The molecular formula is C4H9FN2. The van der Waals surface area contributed by atoms with Crippen molar-refractivity contribution in [3.63, 3.8) is 0 Å². The van der Waals surface area contributed by atoms with Gasteiger partial charge in [0.2, 0.25) is 0 Å². The lowest BCUT2D eigenvalue weighted by atomic mass is 10.5. The molecule has 0 fully saturated rings. The van der Waals surface area contributed by atoms with Gasteiger partial charge in [0.25, 0.3) is 0 Å². The van der Waals surface area contributed by atoms with Crippen molar-refractivity contribution in [2.24, 2.45) is 5.73 Å². The number of alkyl halides is 1. The van der Waals surface area contributed by atoms with Crippen LogP contribution < -0.4 is 11.1 Å². The summed E-state index contributed by atoms with van der Waals surface area (Å²) in [5.41, 5.74) is 5.51. The molecule has 3 N–H and O–H groups in total. The Labute approximate surface area is 42.2 Å². The van der Waals surface area contributed by atoms with E-state index in [4.69, 9.17) is 5.73 Å². The fourth-order valence-corrected chi connectivity index (χ4v) is 0.208. The van der Waals surface area contributed by atoms with Crippen molar-refractivity contribution in [2.45, 2.75) is 0 Å². The molecule has 0 atom stereocenters. The largest absolute Gasteiger partial charge is 0.401 e. The fourth-order valence-electron chi connectivity index (χ4n) is 0.208. The Morgan fingerprint density at radius 1 is 1.86 bits per heavy atom. The first-order valence-electron chi connectivity index (χ1n) is 1.97. The Kier molecular flexibility index (Phi) is 3.32. The first kappa shape index (κ1) is 6.43. The van der Waals surface area contributed by atoms with E-state index in [0.29, 0.717) is 12.2 Å². The second-order valence-corrected chi connectivity index (χ2v) is 1.22. The molecule has 7 heavy (non-hydrogen) atoms. The van der Waals surface area contributed by atoms with Crippen LogP contribution in [0.2, 0.25) is 0 Å². The van der Waals surface area contributed by atoms with Gasteiger partial charge in [-0.3, -0.25) is 5.32 Å². The highest BCUT2D eigenvalue weighted by Gasteiger charge is 1.80. The molecule has 0 aromatic carbocycles. The second kappa shape index (κ2) is 3.61. The van der Waals surface area contributed by atoms with Crippen LogP contribution in [0.15, 0.2) is 12.3 Å². The van der Waals surface area contributed by atoms with Crippen molar-refractivity contribution >= 4 is 0 Å². The first-order valence-corrected chi connectivity index (χ1v) is 1.97. The van der Waals surface area contributed by atoms with Crippen LogP contribution in [0, 0.1) is 0 Å². The van der Waals surface area contributed by atoms with Crippen molar-refractivity contribution in [2.75, 3.05) is 13.3 Å². The summed E-state index contributed by atoms with van der Waals surface area (Å²) < 4.78 is 11.1. The summed E-state index contributed by atoms with van der Waals surface area (Å²) in [6, 6.07) is 0. The lowest BCUT2D eigenvalue weighted by Gasteiger charge is -1.94. The average molecular weight is 104 g/mol. The van der Waals surface area contributed by atoms with Gasteiger partial charge in [-0.2, -0.15) is 0 Å². The molecule has 0 aliphatic rings. The highest BCUT2D eigenvalue weighted by atomic mass is 19.1. The molecule has 0 spiro atoms. The Balaban J connectivity index is 2.82. The number of nitrogens with one attached hydrogen (secondary N) is 1. The van der Waals surface area contributed by atoms with Gasteiger partial charge in [-0.15, -0.1) is 0 Å². The van der Waals surface area contributed by atoms with E-state index in [9.17, 15) is 4.39 Å². The molecule has 0 bridgehead atoms. The predicted octanol–water partition coefficient (Wildman–Crippen LogP) is -0.0246. The molecule has 0 saturated heterocycles. The molecule has 0 rings (SSSR count). The second-order valence-electron chi connectivity index (χ2n) is 1.22. The number of nitrogens with two attached hydrogens (primary N) is 1. The van der Waals surface area contributed by atoms with E-state index in [1.54, 1.807) is 0 Å². The molecule has 0 saturated carbocycles. The molecule has 0 aromatic rings. The summed E-state index contributed by atoms with van der Waals surface area (Å²) in [5, 5.41) is 2.36. The van der Waals surface area contributed by atoms with Gasteiger partial charge < -0.3 is 5.73 Å². The zero-order valence-corrected chi connectivity index (χ0v) is 4.08. The molecule has 2 nitrogen and oxygen atoms in total. The summed E-state index contributed by atoms with van der Waals surface area (Å²) in [5.74, 6) is 0. The molecule has 3 heteroatoms. The van der Waals surface area contributed by atoms with E-state index >= 15 is 0 Å². The van der Waals surface area contributed by atoms with Gasteiger partial charge in [0.1, 0.15) is 6.80 Å². The fraction of sp³-hybridized carbons (Fsp3) is 0.500. The number of halogens is 1. The molecule has 0 unspecified atom stereocenters. The van der Waals surface area contributed by atoms with Crippen molar-refractivity contribution in [3.05, 3.63) is 12.3 Å². The smallest absolute Gasteiger partial charge is 0.140 e. The van der Waals surface area contributed by atoms with Crippen molar-refractivity contribution in [1.29, 1.82) is 0 Å². The zero-order chi connectivity index (χ0) is 5.70. The maximum absolute atomic E-state index is 11.1. The van der Waals surface area contributed by atoms with Gasteiger partial charge in [-0.25, -0.2) is 4.39 Å². The third kappa shape index (κ3) is 5.43. The minimum absolute atomic E-state index is 0.358. The highest BCUT2D eigenvalue weighted by Crippen LogP contribution is 1.68. The molecule has 0 amide bonds. The Morgan fingerprint density at radius 2 is 2.43 bits per heavy atom. The van der Waals surface area contributed by atoms with Crippen LogP contribution in [0.25, 0.3) is 0 Å². The number of hydrogen-bond donors (Lipinski definition) is 2. The van der Waals surface area contributed by atoms with Gasteiger partial charge in [-0.1, -0.05) is 6.58 Å². The lowest BCUT2D eigenvalue weighted by Crippen LogP contribution is -2.18. The summed E-state index contributed by atoms with van der Waals surface area (Å²) >= 11 is 0. The van der Waals surface area contributed by atoms with Gasteiger partial charge in [0, 0.05) is 12.2 Å². The monoisotopic (exact) mass is 104 g/mol. The average Bonchev–Trinajstić information content (AvgIpc) is 1.61. The highest BCUT2D eigenvalue weighted by molar-refractivity contribution is 4.87. The molecule has 0 aliphatic heterocycles.